The van der Waals surface area contributed by atoms with E-state index in [2.05, 4.69) is 0 Å². The number of aliphatic carboxylic acids is 1. The standard InChI is InChI=1S/C11H10O3/c12-8-10-5-1-3-9(7-10)4-2-6-11(13)14/h1-5,7-8H,6H2,(H,13,14). The molecule has 0 fully saturated rings. The van der Waals surface area contributed by atoms with E-state index < -0.39 is 5.97 Å². The van der Waals surface area contributed by atoms with Crippen molar-refractivity contribution in [2.45, 2.75) is 6.42 Å². The quantitative estimate of drug-likeness (QED) is 0.738. The Labute approximate surface area is 81.7 Å². The minimum absolute atomic E-state index is 0.00861. The molecule has 0 bridgehead atoms. The van der Waals surface area contributed by atoms with E-state index in [1.54, 1.807) is 30.4 Å². The highest BCUT2D eigenvalue weighted by Gasteiger charge is 1.92. The Morgan fingerprint density at radius 1 is 1.36 bits per heavy atom. The monoisotopic (exact) mass is 190 g/mol. The smallest absolute Gasteiger partial charge is 0.307 e. The minimum Gasteiger partial charge on any atom is -0.481 e. The molecule has 14 heavy (non-hydrogen) atoms. The van der Waals surface area contributed by atoms with Crippen molar-refractivity contribution in [1.29, 1.82) is 0 Å². The lowest BCUT2D eigenvalue weighted by molar-refractivity contribution is -0.135. The van der Waals surface area contributed by atoms with Gasteiger partial charge in [0.1, 0.15) is 6.29 Å². The maximum atomic E-state index is 10.4. The Balaban J connectivity index is 2.71. The molecule has 1 aromatic carbocycles. The van der Waals surface area contributed by atoms with E-state index in [1.165, 1.54) is 0 Å². The maximum Gasteiger partial charge on any atom is 0.307 e. The minimum atomic E-state index is -0.868. The molecule has 1 N–H and O–H groups in total. The predicted octanol–water partition coefficient (Wildman–Crippen LogP) is 1.99. The summed E-state index contributed by atoms with van der Waals surface area (Å²) in [6.07, 6.45) is 3.98. The van der Waals surface area contributed by atoms with Crippen LogP contribution in [-0.4, -0.2) is 17.4 Å². The average molecular weight is 190 g/mol. The number of carbonyl (C=O) groups is 2. The number of aldehydes is 1. The van der Waals surface area contributed by atoms with Crippen LogP contribution in [0.1, 0.15) is 22.3 Å². The summed E-state index contributed by atoms with van der Waals surface area (Å²) in [5.74, 6) is -0.868. The van der Waals surface area contributed by atoms with Crippen molar-refractivity contribution >= 4 is 18.3 Å². The van der Waals surface area contributed by atoms with Crippen molar-refractivity contribution < 1.29 is 14.7 Å². The first kappa shape index (κ1) is 10.2. The van der Waals surface area contributed by atoms with E-state index in [0.29, 0.717) is 5.56 Å². The normalized spacial score (nSPS) is 10.3. The van der Waals surface area contributed by atoms with Crippen LogP contribution in [0.5, 0.6) is 0 Å². The molecule has 0 spiro atoms. The fourth-order valence-corrected chi connectivity index (χ4v) is 1.03. The maximum absolute atomic E-state index is 10.4. The van der Waals surface area contributed by atoms with Gasteiger partial charge in [0.2, 0.25) is 0 Å². The van der Waals surface area contributed by atoms with Crippen molar-refractivity contribution in [3.8, 4) is 0 Å². The molecule has 0 atom stereocenters. The van der Waals surface area contributed by atoms with Crippen LogP contribution in [0.4, 0.5) is 0 Å². The van der Waals surface area contributed by atoms with Crippen LogP contribution in [0.15, 0.2) is 30.3 Å². The summed E-state index contributed by atoms with van der Waals surface area (Å²) in [7, 11) is 0. The van der Waals surface area contributed by atoms with Crippen molar-refractivity contribution in [3.05, 3.63) is 41.5 Å². The SMILES string of the molecule is O=Cc1cccc(C=CCC(=O)O)c1. The molecule has 0 aliphatic heterocycles. The Bertz CT molecular complexity index is 367. The molecule has 0 radical (unpaired) electrons. The molecule has 0 aliphatic rings. The van der Waals surface area contributed by atoms with Crippen LogP contribution in [0.2, 0.25) is 0 Å². The Morgan fingerprint density at radius 2 is 2.07 bits per heavy atom. The van der Waals surface area contributed by atoms with Gasteiger partial charge in [0.25, 0.3) is 0 Å². The summed E-state index contributed by atoms with van der Waals surface area (Å²) in [6, 6.07) is 6.96. The van der Waals surface area contributed by atoms with Crippen LogP contribution in [-0.2, 0) is 4.79 Å². The molecule has 1 aromatic rings. The summed E-state index contributed by atoms with van der Waals surface area (Å²) >= 11 is 0. The van der Waals surface area contributed by atoms with Gasteiger partial charge in [0.05, 0.1) is 6.42 Å². The lowest BCUT2D eigenvalue weighted by Gasteiger charge is -1.93. The van der Waals surface area contributed by atoms with E-state index in [-0.39, 0.29) is 6.42 Å². The molecule has 0 heterocycles. The van der Waals surface area contributed by atoms with Gasteiger partial charge in [-0.1, -0.05) is 30.4 Å². The van der Waals surface area contributed by atoms with Gasteiger partial charge in [-0.15, -0.1) is 0 Å². The van der Waals surface area contributed by atoms with E-state index in [9.17, 15) is 9.59 Å². The zero-order chi connectivity index (χ0) is 10.4. The summed E-state index contributed by atoms with van der Waals surface area (Å²) < 4.78 is 0. The first-order chi connectivity index (χ1) is 6.72. The molecule has 0 saturated carbocycles. The molecular weight excluding hydrogens is 180 g/mol. The lowest BCUT2D eigenvalue weighted by Crippen LogP contribution is -1.89. The molecule has 0 amide bonds. The molecule has 0 aromatic heterocycles. The van der Waals surface area contributed by atoms with Crippen LogP contribution < -0.4 is 0 Å². The van der Waals surface area contributed by atoms with Gasteiger partial charge in [-0.05, 0) is 11.6 Å². The van der Waals surface area contributed by atoms with Gasteiger partial charge in [-0.3, -0.25) is 9.59 Å². The average Bonchev–Trinajstić information content (AvgIpc) is 2.18. The third-order valence-corrected chi connectivity index (χ3v) is 1.65. The van der Waals surface area contributed by atoms with Gasteiger partial charge in [-0.25, -0.2) is 0 Å². The Hall–Kier alpha value is -1.90. The molecule has 1 rings (SSSR count). The first-order valence-electron chi connectivity index (χ1n) is 4.16. The van der Waals surface area contributed by atoms with Crippen molar-refractivity contribution in [2.75, 3.05) is 0 Å². The fraction of sp³-hybridized carbons (Fsp3) is 0.0909. The molecule has 0 unspecified atom stereocenters. The number of hydrogen-bond acceptors (Lipinski definition) is 2. The van der Waals surface area contributed by atoms with Gasteiger partial charge < -0.3 is 5.11 Å². The fourth-order valence-electron chi connectivity index (χ4n) is 1.03. The van der Waals surface area contributed by atoms with Crippen LogP contribution in [0, 0.1) is 0 Å². The van der Waals surface area contributed by atoms with E-state index in [4.69, 9.17) is 5.11 Å². The molecule has 0 aliphatic carbocycles. The van der Waals surface area contributed by atoms with Crippen molar-refractivity contribution in [1.82, 2.24) is 0 Å². The molecule has 0 saturated heterocycles. The number of carboxylic acids is 1. The molecular formula is C11H10O3. The second-order valence-electron chi connectivity index (χ2n) is 2.79. The lowest BCUT2D eigenvalue weighted by atomic mass is 10.1. The van der Waals surface area contributed by atoms with E-state index in [1.807, 2.05) is 6.07 Å². The van der Waals surface area contributed by atoms with Gasteiger partial charge in [0, 0.05) is 5.56 Å². The largest absolute Gasteiger partial charge is 0.481 e. The Morgan fingerprint density at radius 3 is 2.71 bits per heavy atom. The van der Waals surface area contributed by atoms with Crippen LogP contribution in [0.3, 0.4) is 0 Å². The number of benzene rings is 1. The summed E-state index contributed by atoms with van der Waals surface area (Å²) in [4.78, 5) is 20.6. The second-order valence-corrected chi connectivity index (χ2v) is 2.79. The van der Waals surface area contributed by atoms with E-state index >= 15 is 0 Å². The summed E-state index contributed by atoms with van der Waals surface area (Å²) in [5.41, 5.74) is 1.42. The highest BCUT2D eigenvalue weighted by Crippen LogP contribution is 2.05. The third-order valence-electron chi connectivity index (χ3n) is 1.65. The highest BCUT2D eigenvalue weighted by atomic mass is 16.4. The molecule has 72 valence electrons. The predicted molar refractivity (Wildman–Crippen MR) is 53.1 cm³/mol. The number of hydrogen-bond donors (Lipinski definition) is 1. The van der Waals surface area contributed by atoms with Gasteiger partial charge >= 0.3 is 5.97 Å². The zero-order valence-electron chi connectivity index (χ0n) is 7.51. The summed E-state index contributed by atoms with van der Waals surface area (Å²) in [5, 5.41) is 8.38. The number of carbonyl (C=O) groups excluding carboxylic acids is 1. The van der Waals surface area contributed by atoms with Crippen molar-refractivity contribution in [2.24, 2.45) is 0 Å². The first-order valence-corrected chi connectivity index (χ1v) is 4.16. The van der Waals surface area contributed by atoms with Gasteiger partial charge in [-0.2, -0.15) is 0 Å². The van der Waals surface area contributed by atoms with Gasteiger partial charge in [0.15, 0.2) is 0 Å². The van der Waals surface area contributed by atoms with E-state index in [0.717, 1.165) is 11.8 Å². The topological polar surface area (TPSA) is 54.4 Å². The molecule has 3 heteroatoms. The zero-order valence-corrected chi connectivity index (χ0v) is 7.51. The molecule has 3 nitrogen and oxygen atoms in total. The summed E-state index contributed by atoms with van der Waals surface area (Å²) in [6.45, 7) is 0. The highest BCUT2D eigenvalue weighted by molar-refractivity contribution is 5.76. The number of carboxylic acid groups (broad SMARTS) is 1. The van der Waals surface area contributed by atoms with Crippen molar-refractivity contribution in [3.63, 3.8) is 0 Å². The Kier molecular flexibility index (Phi) is 3.61. The third kappa shape index (κ3) is 3.23. The van der Waals surface area contributed by atoms with Crippen LogP contribution >= 0.6 is 0 Å². The second kappa shape index (κ2) is 4.97. The van der Waals surface area contributed by atoms with Crippen LogP contribution in [0.25, 0.3) is 6.08 Å². The number of rotatable bonds is 4.